The number of hydrogen-bond donors (Lipinski definition) is 1. The number of nitrogens with zero attached hydrogens (tertiary/aromatic N) is 1. The maximum atomic E-state index is 12.8. The molecule has 0 bridgehead atoms. The third kappa shape index (κ3) is 8.05. The number of piperidine rings is 1. The molecule has 182 valence electrons. The van der Waals surface area contributed by atoms with Crippen molar-refractivity contribution in [1.82, 2.24) is 5.32 Å². The maximum absolute atomic E-state index is 12.8. The summed E-state index contributed by atoms with van der Waals surface area (Å²) in [7, 11) is -0.304. The van der Waals surface area contributed by atoms with E-state index in [1.807, 2.05) is 31.2 Å². The standard InChI is InChI=1S/C24H41N2O5S/c1-4-5-18-32(28,29)26(2,3)24(31-20-27)19-22-9-11-23(12-10-22)30-17-7-6-8-21-13-15-25-16-14-21/h9-12,20-21,24-25H,4-8,13-19H2,1-3H3/q+1/t24-/m1/s1. The van der Waals surface area contributed by atoms with Gasteiger partial charge in [0.1, 0.15) is 11.5 Å². The zero-order chi connectivity index (χ0) is 23.5. The minimum Gasteiger partial charge on any atom is -0.494 e. The SMILES string of the molecule is CCCCS(=O)(=O)[N+](C)(C)[C@@H](Cc1ccc(OCCCCC2CCNCC2)cc1)OC=O. The fraction of sp³-hybridized carbons (Fsp3) is 0.708. The van der Waals surface area contributed by atoms with Gasteiger partial charge in [0.2, 0.25) is 0 Å². The topological polar surface area (TPSA) is 81.7 Å². The van der Waals surface area contributed by atoms with Crippen LogP contribution in [0.3, 0.4) is 0 Å². The minimum atomic E-state index is -3.47. The number of likely N-dealkylation sites (N-methyl/N-ethyl adjacent to an activating group) is 1. The Bertz CT molecular complexity index is 774. The lowest BCUT2D eigenvalue weighted by molar-refractivity contribution is -0.816. The van der Waals surface area contributed by atoms with Gasteiger partial charge in [0.25, 0.3) is 22.7 Å². The van der Waals surface area contributed by atoms with Gasteiger partial charge in [-0.25, -0.2) is 0 Å². The number of quaternary nitrogens is 1. The predicted octanol–water partition coefficient (Wildman–Crippen LogP) is 3.48. The second-order valence-corrected chi connectivity index (χ2v) is 11.7. The fourth-order valence-corrected chi connectivity index (χ4v) is 5.65. The first kappa shape index (κ1) is 26.6. The van der Waals surface area contributed by atoms with E-state index in [0.717, 1.165) is 43.2 Å². The van der Waals surface area contributed by atoms with Crippen molar-refractivity contribution in [3.8, 4) is 5.75 Å². The lowest BCUT2D eigenvalue weighted by Gasteiger charge is -2.34. The molecule has 1 saturated heterocycles. The number of hydrogen-bond acceptors (Lipinski definition) is 6. The lowest BCUT2D eigenvalue weighted by atomic mass is 9.93. The molecule has 1 aromatic rings. The summed E-state index contributed by atoms with van der Waals surface area (Å²) >= 11 is 0. The Morgan fingerprint density at radius 1 is 1.12 bits per heavy atom. The molecule has 1 aliphatic heterocycles. The van der Waals surface area contributed by atoms with E-state index in [2.05, 4.69) is 5.32 Å². The molecule has 2 rings (SSSR count). The fourth-order valence-electron chi connectivity index (χ4n) is 4.04. The third-order valence-corrected chi connectivity index (χ3v) is 8.92. The van der Waals surface area contributed by atoms with Crippen LogP contribution < -0.4 is 10.1 Å². The average Bonchev–Trinajstić information content (AvgIpc) is 2.79. The Kier molecular flexibility index (Phi) is 10.9. The molecule has 32 heavy (non-hydrogen) atoms. The minimum absolute atomic E-state index is 0.0691. The normalized spacial score (nSPS) is 16.5. The van der Waals surface area contributed by atoms with Gasteiger partial charge in [-0.1, -0.05) is 31.9 Å². The quantitative estimate of drug-likeness (QED) is 0.183. The Labute approximate surface area is 194 Å². The maximum Gasteiger partial charge on any atom is 0.299 e. The summed E-state index contributed by atoms with van der Waals surface area (Å²) in [6.07, 6.45) is 6.95. The molecule has 0 spiro atoms. The second kappa shape index (κ2) is 13.2. The Morgan fingerprint density at radius 2 is 1.81 bits per heavy atom. The molecule has 1 atom stereocenters. The Hall–Kier alpha value is -1.64. The number of carbonyl (C=O) groups excluding carboxylic acids is 1. The molecule has 8 heteroatoms. The number of benzene rings is 1. The Morgan fingerprint density at radius 3 is 2.44 bits per heavy atom. The molecule has 0 amide bonds. The average molecular weight is 470 g/mol. The van der Waals surface area contributed by atoms with Crippen LogP contribution in [0.15, 0.2) is 24.3 Å². The number of carbonyl (C=O) groups is 1. The molecule has 0 unspecified atom stereocenters. The van der Waals surface area contributed by atoms with Gasteiger partial charge in [0.15, 0.2) is 0 Å². The van der Waals surface area contributed by atoms with Crippen molar-refractivity contribution in [2.45, 2.75) is 64.5 Å². The van der Waals surface area contributed by atoms with E-state index in [-0.39, 0.29) is 9.64 Å². The van der Waals surface area contributed by atoms with Crippen LogP contribution in [0.5, 0.6) is 5.75 Å². The van der Waals surface area contributed by atoms with Crippen LogP contribution in [0.2, 0.25) is 0 Å². The molecule has 7 nitrogen and oxygen atoms in total. The highest BCUT2D eigenvalue weighted by atomic mass is 32.2. The van der Waals surface area contributed by atoms with Gasteiger partial charge in [0, 0.05) is 0 Å². The van der Waals surface area contributed by atoms with Crippen LogP contribution in [-0.2, 0) is 26.0 Å². The smallest absolute Gasteiger partial charge is 0.299 e. The summed E-state index contributed by atoms with van der Waals surface area (Å²) in [5, 5.41) is 3.40. The van der Waals surface area contributed by atoms with Crippen molar-refractivity contribution in [2.24, 2.45) is 5.92 Å². The molecule has 1 N–H and O–H groups in total. The van der Waals surface area contributed by atoms with Crippen LogP contribution in [0.25, 0.3) is 0 Å². The number of nitrogens with one attached hydrogen (secondary N) is 1. The van der Waals surface area contributed by atoms with Crippen LogP contribution in [0.1, 0.15) is 57.4 Å². The summed E-state index contributed by atoms with van der Waals surface area (Å²) < 4.78 is 36.3. The van der Waals surface area contributed by atoms with Crippen molar-refractivity contribution in [1.29, 1.82) is 0 Å². The molecule has 1 aliphatic rings. The van der Waals surface area contributed by atoms with E-state index in [0.29, 0.717) is 25.9 Å². The van der Waals surface area contributed by atoms with Gasteiger partial charge < -0.3 is 14.8 Å². The summed E-state index contributed by atoms with van der Waals surface area (Å²) in [6, 6.07) is 7.60. The van der Waals surface area contributed by atoms with E-state index in [1.165, 1.54) is 25.7 Å². The van der Waals surface area contributed by atoms with Crippen molar-refractivity contribution in [2.75, 3.05) is 39.5 Å². The number of sulfonamides is 1. The summed E-state index contributed by atoms with van der Waals surface area (Å²) in [6.45, 7) is 5.27. The van der Waals surface area contributed by atoms with Crippen LogP contribution in [-0.4, -0.2) is 64.6 Å². The molecule has 0 radical (unpaired) electrons. The summed E-state index contributed by atoms with van der Waals surface area (Å²) in [5.41, 5.74) is 0.895. The first-order valence-corrected chi connectivity index (χ1v) is 13.5. The predicted molar refractivity (Wildman–Crippen MR) is 127 cm³/mol. The first-order valence-electron chi connectivity index (χ1n) is 11.9. The summed E-state index contributed by atoms with van der Waals surface area (Å²) in [4.78, 5) is 11.1. The second-order valence-electron chi connectivity index (χ2n) is 9.15. The van der Waals surface area contributed by atoms with E-state index in [9.17, 15) is 13.2 Å². The highest BCUT2D eigenvalue weighted by molar-refractivity contribution is 7.85. The first-order chi connectivity index (χ1) is 15.3. The molecule has 0 aliphatic carbocycles. The van der Waals surface area contributed by atoms with Gasteiger partial charge >= 0.3 is 0 Å². The molecular formula is C24H41N2O5S+. The largest absolute Gasteiger partial charge is 0.494 e. The molecule has 1 fully saturated rings. The molecule has 0 saturated carbocycles. The molecule has 0 aromatic heterocycles. The highest BCUT2D eigenvalue weighted by Crippen LogP contribution is 2.23. The molecule has 1 aromatic carbocycles. The van der Waals surface area contributed by atoms with E-state index in [1.54, 1.807) is 14.1 Å². The number of unbranched alkanes of at least 4 members (excludes halogenated alkanes) is 2. The molecule has 1 heterocycles. The van der Waals surface area contributed by atoms with E-state index in [4.69, 9.17) is 9.47 Å². The molecular weight excluding hydrogens is 428 g/mol. The summed E-state index contributed by atoms with van der Waals surface area (Å²) in [5.74, 6) is 1.72. The monoisotopic (exact) mass is 469 g/mol. The van der Waals surface area contributed by atoms with Gasteiger partial charge in [-0.05, 0) is 68.8 Å². The zero-order valence-corrected chi connectivity index (χ0v) is 20.7. The lowest BCUT2D eigenvalue weighted by Crippen LogP contribution is -2.56. The van der Waals surface area contributed by atoms with Gasteiger partial charge in [0.05, 0.1) is 27.1 Å². The van der Waals surface area contributed by atoms with Crippen molar-refractivity contribution >= 4 is 16.5 Å². The van der Waals surface area contributed by atoms with Crippen molar-refractivity contribution < 1.29 is 26.6 Å². The highest BCUT2D eigenvalue weighted by Gasteiger charge is 2.41. The zero-order valence-electron chi connectivity index (χ0n) is 19.9. The Balaban J connectivity index is 1.85. The van der Waals surface area contributed by atoms with Gasteiger partial charge in [-0.3, -0.25) is 4.79 Å². The van der Waals surface area contributed by atoms with Gasteiger partial charge in [-0.2, -0.15) is 12.3 Å². The van der Waals surface area contributed by atoms with Crippen molar-refractivity contribution in [3.63, 3.8) is 0 Å². The third-order valence-electron chi connectivity index (χ3n) is 6.45. The number of rotatable bonds is 15. The van der Waals surface area contributed by atoms with Crippen molar-refractivity contribution in [3.05, 3.63) is 29.8 Å². The van der Waals surface area contributed by atoms with Gasteiger partial charge in [-0.15, -0.1) is 0 Å². The van der Waals surface area contributed by atoms with E-state index >= 15 is 0 Å². The van der Waals surface area contributed by atoms with Crippen LogP contribution in [0.4, 0.5) is 0 Å². The van der Waals surface area contributed by atoms with E-state index < -0.39 is 16.3 Å². The van der Waals surface area contributed by atoms with Crippen LogP contribution in [0, 0.1) is 5.92 Å². The van der Waals surface area contributed by atoms with Crippen LogP contribution >= 0.6 is 0 Å². The number of ether oxygens (including phenoxy) is 2.